The SMILES string of the molecule is CCCC1=[C-]CC=C1.Cl.Cl.[Hf]. The zero-order chi connectivity index (χ0) is 5.82. The molecule has 0 aliphatic heterocycles. The van der Waals surface area contributed by atoms with Gasteiger partial charge in [0.2, 0.25) is 0 Å². The summed E-state index contributed by atoms with van der Waals surface area (Å²) in [6, 6.07) is 0. The second-order valence-electron chi connectivity index (χ2n) is 2.06. The molecule has 0 saturated carbocycles. The van der Waals surface area contributed by atoms with E-state index in [2.05, 4.69) is 25.2 Å². The van der Waals surface area contributed by atoms with Gasteiger partial charge in [-0.1, -0.05) is 19.8 Å². The summed E-state index contributed by atoms with van der Waals surface area (Å²) >= 11 is 0. The Morgan fingerprint density at radius 3 is 2.45 bits per heavy atom. The molecule has 0 unspecified atom stereocenters. The fraction of sp³-hybridized carbons (Fsp3) is 0.500. The van der Waals surface area contributed by atoms with Gasteiger partial charge in [-0.25, -0.2) is 11.6 Å². The Labute approximate surface area is 100 Å². The molecule has 0 fully saturated rings. The average molecular weight is 359 g/mol. The molecule has 0 bridgehead atoms. The van der Waals surface area contributed by atoms with Gasteiger partial charge >= 0.3 is 0 Å². The van der Waals surface area contributed by atoms with Crippen LogP contribution in [0.2, 0.25) is 0 Å². The Morgan fingerprint density at radius 2 is 2.09 bits per heavy atom. The van der Waals surface area contributed by atoms with E-state index in [9.17, 15) is 0 Å². The summed E-state index contributed by atoms with van der Waals surface area (Å²) in [6.45, 7) is 2.20. The third-order valence-electron chi connectivity index (χ3n) is 1.29. The molecule has 1 aliphatic carbocycles. The minimum atomic E-state index is 0. The molecule has 64 valence electrons. The molecule has 0 atom stereocenters. The van der Waals surface area contributed by atoms with E-state index in [0.717, 1.165) is 6.42 Å². The monoisotopic (exact) mass is 359 g/mol. The third-order valence-corrected chi connectivity index (χ3v) is 1.29. The van der Waals surface area contributed by atoms with E-state index < -0.39 is 0 Å². The van der Waals surface area contributed by atoms with Crippen molar-refractivity contribution >= 4 is 24.8 Å². The molecule has 0 aromatic heterocycles. The molecule has 11 heavy (non-hydrogen) atoms. The van der Waals surface area contributed by atoms with E-state index >= 15 is 0 Å². The fourth-order valence-corrected chi connectivity index (χ4v) is 0.891. The first-order valence-corrected chi connectivity index (χ1v) is 3.19. The van der Waals surface area contributed by atoms with Gasteiger partial charge in [0.05, 0.1) is 0 Å². The molecule has 1 aliphatic rings. The van der Waals surface area contributed by atoms with Crippen LogP contribution < -0.4 is 0 Å². The summed E-state index contributed by atoms with van der Waals surface area (Å²) < 4.78 is 0. The van der Waals surface area contributed by atoms with E-state index in [1.54, 1.807) is 0 Å². The zero-order valence-corrected chi connectivity index (χ0v) is 11.8. The van der Waals surface area contributed by atoms with Gasteiger partial charge in [0.25, 0.3) is 0 Å². The van der Waals surface area contributed by atoms with Gasteiger partial charge < -0.3 is 0 Å². The molecule has 0 spiro atoms. The molecule has 0 heterocycles. The van der Waals surface area contributed by atoms with E-state index in [1.165, 1.54) is 18.4 Å². The van der Waals surface area contributed by atoms with Crippen LogP contribution in [-0.2, 0) is 25.8 Å². The van der Waals surface area contributed by atoms with Gasteiger partial charge in [-0.05, 0) is 0 Å². The summed E-state index contributed by atoms with van der Waals surface area (Å²) in [4.78, 5) is 0. The van der Waals surface area contributed by atoms with E-state index in [0.29, 0.717) is 0 Å². The first kappa shape index (κ1) is 17.9. The first-order chi connectivity index (χ1) is 3.93. The number of hydrogen-bond donors (Lipinski definition) is 0. The van der Waals surface area contributed by atoms with Crippen molar-refractivity contribution < 1.29 is 25.8 Å². The van der Waals surface area contributed by atoms with E-state index in [1.807, 2.05) is 0 Å². The topological polar surface area (TPSA) is 0 Å². The van der Waals surface area contributed by atoms with Crippen molar-refractivity contribution in [2.45, 2.75) is 26.2 Å². The molecular formula is C8H13Cl2Hf-. The molecule has 3 heteroatoms. The summed E-state index contributed by atoms with van der Waals surface area (Å²) in [5.41, 5.74) is 1.40. The van der Waals surface area contributed by atoms with Crippen LogP contribution >= 0.6 is 24.8 Å². The number of hydrogen-bond acceptors (Lipinski definition) is 0. The molecule has 0 N–H and O–H groups in total. The van der Waals surface area contributed by atoms with Crippen LogP contribution in [0.1, 0.15) is 26.2 Å². The summed E-state index contributed by atoms with van der Waals surface area (Å²) in [7, 11) is 0. The number of allylic oxidation sites excluding steroid dienone is 4. The van der Waals surface area contributed by atoms with Crippen LogP contribution in [0.3, 0.4) is 0 Å². The van der Waals surface area contributed by atoms with Crippen molar-refractivity contribution in [3.05, 3.63) is 23.8 Å². The fourth-order valence-electron chi connectivity index (χ4n) is 0.891. The van der Waals surface area contributed by atoms with Gasteiger partial charge in [-0.3, -0.25) is 6.08 Å². The van der Waals surface area contributed by atoms with Crippen molar-refractivity contribution in [1.82, 2.24) is 0 Å². The van der Waals surface area contributed by atoms with Crippen molar-refractivity contribution in [1.29, 1.82) is 0 Å². The first-order valence-electron chi connectivity index (χ1n) is 3.19. The molecule has 0 saturated heterocycles. The Kier molecular flexibility index (Phi) is 17.8. The smallest absolute Gasteiger partial charge is 0 e. The van der Waals surface area contributed by atoms with E-state index in [-0.39, 0.29) is 50.7 Å². The van der Waals surface area contributed by atoms with Crippen molar-refractivity contribution in [3.63, 3.8) is 0 Å². The van der Waals surface area contributed by atoms with Crippen LogP contribution in [-0.4, -0.2) is 0 Å². The second kappa shape index (κ2) is 10.9. The summed E-state index contributed by atoms with van der Waals surface area (Å²) in [6.07, 6.45) is 11.1. The molecule has 0 aromatic rings. The van der Waals surface area contributed by atoms with Crippen LogP contribution in [0.15, 0.2) is 17.7 Å². The molecule has 0 aromatic carbocycles. The Balaban J connectivity index is -0.000000213. The second-order valence-corrected chi connectivity index (χ2v) is 2.06. The third kappa shape index (κ3) is 7.30. The maximum absolute atomic E-state index is 3.26. The van der Waals surface area contributed by atoms with Crippen molar-refractivity contribution in [2.24, 2.45) is 0 Å². The largest absolute Gasteiger partial charge is 0.269 e. The standard InChI is InChI=1S/C8H11.2ClH.Hf/c1-2-5-8-6-3-4-7-8;;;/h3,6H,2,4-5H2,1H3;2*1H;/q-1;;;. The molecule has 1 rings (SSSR count). The van der Waals surface area contributed by atoms with Crippen molar-refractivity contribution in [2.75, 3.05) is 0 Å². The van der Waals surface area contributed by atoms with Gasteiger partial charge in [-0.15, -0.1) is 31.2 Å². The van der Waals surface area contributed by atoms with Crippen molar-refractivity contribution in [3.8, 4) is 0 Å². The number of rotatable bonds is 2. The molecule has 0 nitrogen and oxygen atoms in total. The van der Waals surface area contributed by atoms with Gasteiger partial charge in [0, 0.05) is 25.8 Å². The maximum Gasteiger partial charge on any atom is 0 e. The normalized spacial score (nSPS) is 12.3. The van der Waals surface area contributed by atoms with Gasteiger partial charge in [-0.2, -0.15) is 6.08 Å². The predicted molar refractivity (Wildman–Crippen MR) is 49.9 cm³/mol. The minimum Gasteiger partial charge on any atom is -0.269 e. The zero-order valence-electron chi connectivity index (χ0n) is 6.59. The minimum absolute atomic E-state index is 0. The van der Waals surface area contributed by atoms with Crippen LogP contribution in [0.4, 0.5) is 0 Å². The quantitative estimate of drug-likeness (QED) is 0.525. The van der Waals surface area contributed by atoms with E-state index in [4.69, 9.17) is 0 Å². The Bertz CT molecular complexity index is 130. The van der Waals surface area contributed by atoms with Crippen LogP contribution in [0.5, 0.6) is 0 Å². The van der Waals surface area contributed by atoms with Gasteiger partial charge in [0.1, 0.15) is 0 Å². The molecular weight excluding hydrogens is 345 g/mol. The predicted octanol–water partition coefficient (Wildman–Crippen LogP) is 3.32. The maximum atomic E-state index is 3.26. The Morgan fingerprint density at radius 1 is 1.45 bits per heavy atom. The van der Waals surface area contributed by atoms with Crippen LogP contribution in [0.25, 0.3) is 0 Å². The summed E-state index contributed by atoms with van der Waals surface area (Å²) in [5, 5.41) is 0. The molecule has 0 radical (unpaired) electrons. The Hall–Kier alpha value is 0.930. The van der Waals surface area contributed by atoms with Gasteiger partial charge in [0.15, 0.2) is 0 Å². The van der Waals surface area contributed by atoms with Crippen LogP contribution in [0, 0.1) is 6.08 Å². The average Bonchev–Trinajstić information content (AvgIpc) is 2.19. The number of halogens is 2. The summed E-state index contributed by atoms with van der Waals surface area (Å²) in [5.74, 6) is 0. The molecule has 0 amide bonds.